The summed E-state index contributed by atoms with van der Waals surface area (Å²) >= 11 is 0. The van der Waals surface area contributed by atoms with Crippen molar-refractivity contribution in [3.63, 3.8) is 0 Å². The largest absolute Gasteiger partial charge is 1.00 e. The van der Waals surface area contributed by atoms with Crippen molar-refractivity contribution in [3.05, 3.63) is 0 Å². The summed E-state index contributed by atoms with van der Waals surface area (Å²) < 4.78 is 8.84. The zero-order chi connectivity index (χ0) is 26.7. The predicted octanol–water partition coefficient (Wildman–Crippen LogP) is -3.58. The summed E-state index contributed by atoms with van der Waals surface area (Å²) in [7, 11) is 2.64. The number of carbonyl (C=O) groups excluding carboxylic acids is 5. The monoisotopic (exact) mass is 513 g/mol. The smallest absolute Gasteiger partial charge is 0.364 e. The Labute approximate surface area is 206 Å². The number of amides is 2. The molecule has 2 amide bonds. The topological polar surface area (TPSA) is 221 Å². The number of hydrogen-bond donors (Lipinski definition) is 4. The Morgan fingerprint density at radius 3 is 1.41 bits per heavy atom. The molecule has 0 fully saturated rings. The Balaban J connectivity index is -0.000000215. The van der Waals surface area contributed by atoms with Crippen LogP contribution in [-0.2, 0) is 38.2 Å². The maximum Gasteiger partial charge on any atom is 0.364 e. The summed E-state index contributed by atoms with van der Waals surface area (Å²) in [5, 5.41) is 8.34. The van der Waals surface area contributed by atoms with E-state index in [0.29, 0.717) is 12.8 Å². The molecule has 0 saturated carbocycles. The zero-order valence-electron chi connectivity index (χ0n) is 20.8. The van der Waals surface area contributed by atoms with Crippen molar-refractivity contribution in [2.75, 3.05) is 14.2 Å². The molecule has 0 spiro atoms. The van der Waals surface area contributed by atoms with E-state index in [-0.39, 0.29) is 55.4 Å². The van der Waals surface area contributed by atoms with Crippen LogP contribution in [0.4, 0.5) is 0 Å². The predicted molar refractivity (Wildman–Crippen MR) is 118 cm³/mol. The van der Waals surface area contributed by atoms with Crippen molar-refractivity contribution in [2.24, 2.45) is 29.2 Å². The quantitative estimate of drug-likeness (QED) is 0.189. The number of ether oxygens (including phenoxy) is 2. The first-order chi connectivity index (χ1) is 15.1. The van der Waals surface area contributed by atoms with E-state index in [1.54, 1.807) is 27.7 Å². The van der Waals surface area contributed by atoms with Gasteiger partial charge in [0.25, 0.3) is 0 Å². The van der Waals surface area contributed by atoms with Crippen LogP contribution < -0.4 is 29.6 Å². The van der Waals surface area contributed by atoms with Gasteiger partial charge in [0.1, 0.15) is 5.78 Å². The fraction of sp³-hybridized carbons (Fsp3) is 0.714. The van der Waals surface area contributed by atoms with Crippen LogP contribution in [0, 0.1) is 17.8 Å². The lowest BCUT2D eigenvalue weighted by Crippen LogP contribution is -3.00. The molecule has 34 heavy (non-hydrogen) atoms. The molecule has 0 aromatic rings. The van der Waals surface area contributed by atoms with Gasteiger partial charge in [-0.3, -0.25) is 24.0 Å². The van der Waals surface area contributed by atoms with E-state index in [0.717, 1.165) is 0 Å². The first-order valence-electron chi connectivity index (χ1n) is 10.4. The highest BCUT2D eigenvalue weighted by atomic mass is 35.5. The van der Waals surface area contributed by atoms with Gasteiger partial charge in [0.2, 0.25) is 11.8 Å². The molecule has 0 aliphatic carbocycles. The molecule has 0 unspecified atom stereocenters. The van der Waals surface area contributed by atoms with Gasteiger partial charge in [0.15, 0.2) is 6.04 Å². The van der Waals surface area contributed by atoms with Gasteiger partial charge < -0.3 is 44.2 Å². The number of rotatable bonds is 12. The summed E-state index contributed by atoms with van der Waals surface area (Å²) in [4.78, 5) is 63.8. The number of esters is 2. The number of carboxylic acids is 1. The second-order valence-electron chi connectivity index (χ2n) is 7.67. The zero-order valence-corrected chi connectivity index (χ0v) is 21.6. The Morgan fingerprint density at radius 2 is 1.15 bits per heavy atom. The van der Waals surface area contributed by atoms with Crippen LogP contribution in [0.15, 0.2) is 0 Å². The summed E-state index contributed by atoms with van der Waals surface area (Å²) in [5.41, 5.74) is 13.2. The molecule has 0 aromatic carbocycles. The number of carbonyl (C=O) groups is 6. The lowest BCUT2D eigenvalue weighted by molar-refractivity contribution is -0.402. The minimum Gasteiger partial charge on any atom is -1.00 e. The van der Waals surface area contributed by atoms with Crippen LogP contribution in [-0.4, -0.2) is 60.9 Å². The van der Waals surface area contributed by atoms with E-state index in [4.69, 9.17) is 16.6 Å². The number of primary amides is 2. The van der Waals surface area contributed by atoms with Crippen molar-refractivity contribution >= 4 is 35.5 Å². The van der Waals surface area contributed by atoms with Crippen molar-refractivity contribution < 1.29 is 61.5 Å². The van der Waals surface area contributed by atoms with E-state index < -0.39 is 35.6 Å². The number of halogens is 1. The van der Waals surface area contributed by atoms with E-state index in [2.05, 4.69) is 15.2 Å². The lowest BCUT2D eigenvalue weighted by Gasteiger charge is -2.12. The molecule has 13 heteroatoms. The van der Waals surface area contributed by atoms with Crippen molar-refractivity contribution in [1.82, 2.24) is 0 Å². The van der Waals surface area contributed by atoms with Gasteiger partial charge >= 0.3 is 17.9 Å². The Hall–Kier alpha value is -2.73. The van der Waals surface area contributed by atoms with Crippen molar-refractivity contribution in [2.45, 2.75) is 65.8 Å². The fourth-order valence-electron chi connectivity index (χ4n) is 1.99. The molecule has 4 atom stereocenters. The first-order valence-corrected chi connectivity index (χ1v) is 10.4. The van der Waals surface area contributed by atoms with Crippen LogP contribution in [0.25, 0.3) is 0 Å². The van der Waals surface area contributed by atoms with E-state index in [1.165, 1.54) is 14.2 Å². The maximum atomic E-state index is 11.6. The SMILES string of the molecule is COC(=O)[C@H](C)CC(=O)[C@H](C)CCC(N)=O.COC(=O)[C@H](C)[NH3+].C[C@H](CCC(N)=O)C(=O)O.[Cl-]. The second-order valence-corrected chi connectivity index (χ2v) is 7.67. The van der Waals surface area contributed by atoms with Crippen LogP contribution in [0.3, 0.4) is 0 Å². The van der Waals surface area contributed by atoms with Gasteiger partial charge in [-0.05, 0) is 19.8 Å². The summed E-state index contributed by atoms with van der Waals surface area (Å²) in [6.45, 7) is 6.61. The minimum absolute atomic E-state index is 0. The summed E-state index contributed by atoms with van der Waals surface area (Å²) in [5.74, 6) is -3.62. The highest BCUT2D eigenvalue weighted by Crippen LogP contribution is 2.14. The highest BCUT2D eigenvalue weighted by molar-refractivity contribution is 5.86. The standard InChI is InChI=1S/C11H19NO4.C6H11NO3.C4H9NO2.ClH/c1-7(4-5-10(12)14)9(13)6-8(2)11(15)16-3;1-4(6(9)10)2-3-5(7)8;1-3(5)4(6)7-2;/h7-8H,4-6H2,1-3H3,(H2,12,14);4H,2-3H2,1H3,(H2,7,8)(H,9,10);3H,5H2,1-2H3;1H/t7-,8-;4-;3-;/m110./s1. The molecule has 0 saturated heterocycles. The van der Waals surface area contributed by atoms with Gasteiger partial charge in [-0.2, -0.15) is 0 Å². The number of methoxy groups -OCH3 is 2. The number of quaternary nitrogens is 1. The molecular weight excluding hydrogens is 474 g/mol. The molecule has 0 aliphatic heterocycles. The molecule has 0 radical (unpaired) electrons. The third-order valence-electron chi connectivity index (χ3n) is 4.33. The third kappa shape index (κ3) is 23.9. The average molecular weight is 514 g/mol. The van der Waals surface area contributed by atoms with E-state index >= 15 is 0 Å². The van der Waals surface area contributed by atoms with Gasteiger partial charge in [0.05, 0.1) is 26.1 Å². The average Bonchev–Trinajstić information content (AvgIpc) is 2.74. The summed E-state index contributed by atoms with van der Waals surface area (Å²) in [6.07, 6.45) is 1.24. The molecular formula is C21H40ClN3O9. The first kappa shape index (κ1) is 38.5. The molecule has 0 bridgehead atoms. The molecule has 0 aromatic heterocycles. The fourth-order valence-corrected chi connectivity index (χ4v) is 1.99. The number of carboxylic acid groups (broad SMARTS) is 1. The maximum absolute atomic E-state index is 11.6. The van der Waals surface area contributed by atoms with Gasteiger partial charge in [0, 0.05) is 25.2 Å². The third-order valence-corrected chi connectivity index (χ3v) is 4.33. The normalized spacial score (nSPS) is 12.9. The second kappa shape index (κ2) is 22.1. The molecule has 0 heterocycles. The van der Waals surface area contributed by atoms with Crippen LogP contribution in [0.2, 0.25) is 0 Å². The van der Waals surface area contributed by atoms with Crippen LogP contribution >= 0.6 is 0 Å². The van der Waals surface area contributed by atoms with E-state index in [1.807, 2.05) is 0 Å². The van der Waals surface area contributed by atoms with Gasteiger partial charge in [-0.25, -0.2) is 4.79 Å². The number of ketones is 1. The molecule has 0 aliphatic rings. The van der Waals surface area contributed by atoms with Crippen molar-refractivity contribution in [1.29, 1.82) is 0 Å². The van der Waals surface area contributed by atoms with Crippen LogP contribution in [0.5, 0.6) is 0 Å². The van der Waals surface area contributed by atoms with Crippen molar-refractivity contribution in [3.8, 4) is 0 Å². The Kier molecular flexibility index (Phi) is 25.0. The highest BCUT2D eigenvalue weighted by Gasteiger charge is 2.21. The number of nitrogens with two attached hydrogens (primary N) is 2. The molecule has 8 N–H and O–H groups in total. The van der Waals surface area contributed by atoms with Gasteiger partial charge in [-0.1, -0.05) is 20.8 Å². The Morgan fingerprint density at radius 1 is 0.765 bits per heavy atom. The number of hydrogen-bond acceptors (Lipinski definition) is 8. The molecule has 12 nitrogen and oxygen atoms in total. The lowest BCUT2D eigenvalue weighted by atomic mass is 9.93. The summed E-state index contributed by atoms with van der Waals surface area (Å²) in [6, 6.07) is -0.245. The van der Waals surface area contributed by atoms with Crippen LogP contribution in [0.1, 0.15) is 59.8 Å². The van der Waals surface area contributed by atoms with E-state index in [9.17, 15) is 28.8 Å². The number of aliphatic carboxylic acids is 1. The van der Waals surface area contributed by atoms with Gasteiger partial charge in [-0.15, -0.1) is 0 Å². The number of Topliss-reactive ketones (excluding diaryl/α,β-unsaturated/α-hetero) is 1. The Bertz CT molecular complexity index is 657. The molecule has 200 valence electrons. The molecule has 0 rings (SSSR count). The minimum atomic E-state index is -0.888.